The second-order valence-corrected chi connectivity index (χ2v) is 4.91. The van der Waals surface area contributed by atoms with E-state index in [2.05, 4.69) is 15.3 Å². The molecule has 0 saturated heterocycles. The SMILES string of the molecule is CCOC(=O)C(=CNc1ccc(F)c(-c2ccncc2)n1)C(=O)OCC. The summed E-state index contributed by atoms with van der Waals surface area (Å²) in [5.74, 6) is -1.92. The average molecular weight is 359 g/mol. The molecular weight excluding hydrogens is 341 g/mol. The average Bonchev–Trinajstić information content (AvgIpc) is 2.64. The minimum atomic E-state index is -0.824. The molecule has 0 amide bonds. The zero-order chi connectivity index (χ0) is 18.9. The van der Waals surface area contributed by atoms with Crippen molar-refractivity contribution in [2.24, 2.45) is 0 Å². The number of ether oxygens (including phenoxy) is 2. The summed E-state index contributed by atoms with van der Waals surface area (Å²) in [5.41, 5.74) is 0.339. The molecule has 8 heteroatoms. The molecule has 2 aromatic heterocycles. The first-order chi connectivity index (χ1) is 12.6. The number of anilines is 1. The monoisotopic (exact) mass is 359 g/mol. The van der Waals surface area contributed by atoms with Crippen LogP contribution < -0.4 is 5.32 Å². The van der Waals surface area contributed by atoms with Crippen molar-refractivity contribution in [2.75, 3.05) is 18.5 Å². The predicted octanol–water partition coefficient (Wildman–Crippen LogP) is 2.70. The quantitative estimate of drug-likeness (QED) is 0.352. The number of carbonyl (C=O) groups excluding carboxylic acids is 2. The number of hydrogen-bond acceptors (Lipinski definition) is 7. The van der Waals surface area contributed by atoms with Crippen LogP contribution >= 0.6 is 0 Å². The zero-order valence-corrected chi connectivity index (χ0v) is 14.4. The topological polar surface area (TPSA) is 90.4 Å². The fourth-order valence-corrected chi connectivity index (χ4v) is 2.00. The summed E-state index contributed by atoms with van der Waals surface area (Å²) < 4.78 is 23.7. The Morgan fingerprint density at radius 2 is 1.69 bits per heavy atom. The summed E-state index contributed by atoms with van der Waals surface area (Å²) >= 11 is 0. The van der Waals surface area contributed by atoms with Crippen molar-refractivity contribution in [3.05, 3.63) is 54.2 Å². The molecule has 0 fully saturated rings. The van der Waals surface area contributed by atoms with Crippen LogP contribution in [0.1, 0.15) is 13.8 Å². The first-order valence-electron chi connectivity index (χ1n) is 7.94. The van der Waals surface area contributed by atoms with Gasteiger partial charge in [-0.05, 0) is 38.1 Å². The highest BCUT2D eigenvalue weighted by molar-refractivity contribution is 6.14. The molecule has 0 radical (unpaired) electrons. The lowest BCUT2D eigenvalue weighted by Crippen LogP contribution is -2.19. The van der Waals surface area contributed by atoms with Crippen LogP contribution in [0, 0.1) is 5.82 Å². The van der Waals surface area contributed by atoms with Crippen LogP contribution in [0.5, 0.6) is 0 Å². The number of halogens is 1. The molecule has 0 aliphatic carbocycles. The van der Waals surface area contributed by atoms with Crippen molar-refractivity contribution in [2.45, 2.75) is 13.8 Å². The van der Waals surface area contributed by atoms with Gasteiger partial charge in [-0.15, -0.1) is 0 Å². The Labute approximate surface area is 149 Å². The van der Waals surface area contributed by atoms with Crippen LogP contribution in [0.3, 0.4) is 0 Å². The molecular formula is C18H18FN3O4. The van der Waals surface area contributed by atoms with E-state index < -0.39 is 17.8 Å². The lowest BCUT2D eigenvalue weighted by Gasteiger charge is -2.09. The Balaban J connectivity index is 2.29. The van der Waals surface area contributed by atoms with E-state index >= 15 is 0 Å². The molecule has 136 valence electrons. The molecule has 0 atom stereocenters. The second kappa shape index (κ2) is 9.26. The van der Waals surface area contributed by atoms with Crippen molar-refractivity contribution in [1.82, 2.24) is 9.97 Å². The van der Waals surface area contributed by atoms with Crippen molar-refractivity contribution < 1.29 is 23.5 Å². The molecule has 26 heavy (non-hydrogen) atoms. The van der Waals surface area contributed by atoms with Crippen LogP contribution in [0.15, 0.2) is 48.4 Å². The van der Waals surface area contributed by atoms with Crippen molar-refractivity contribution in [3.63, 3.8) is 0 Å². The van der Waals surface area contributed by atoms with Gasteiger partial charge in [0.15, 0.2) is 5.57 Å². The van der Waals surface area contributed by atoms with Gasteiger partial charge in [-0.2, -0.15) is 0 Å². The summed E-state index contributed by atoms with van der Waals surface area (Å²) in [5, 5.41) is 2.70. The van der Waals surface area contributed by atoms with Gasteiger partial charge in [0.1, 0.15) is 17.3 Å². The van der Waals surface area contributed by atoms with Gasteiger partial charge in [0.25, 0.3) is 0 Å². The Bertz CT molecular complexity index is 789. The van der Waals surface area contributed by atoms with Gasteiger partial charge in [-0.25, -0.2) is 19.0 Å². The largest absolute Gasteiger partial charge is 0.462 e. The van der Waals surface area contributed by atoms with Gasteiger partial charge in [0.2, 0.25) is 0 Å². The van der Waals surface area contributed by atoms with Crippen LogP contribution in [0.25, 0.3) is 11.3 Å². The lowest BCUT2D eigenvalue weighted by atomic mass is 10.1. The molecule has 0 saturated carbocycles. The van der Waals surface area contributed by atoms with Crippen LogP contribution in [0.4, 0.5) is 10.2 Å². The second-order valence-electron chi connectivity index (χ2n) is 4.91. The number of esters is 2. The normalized spacial score (nSPS) is 9.96. The minimum absolute atomic E-state index is 0.108. The standard InChI is InChI=1S/C18H18FN3O4/c1-3-25-17(23)13(18(24)26-4-2)11-21-15-6-5-14(19)16(22-15)12-7-9-20-10-8-12/h5-11H,3-4H2,1-2H3,(H,21,22). The number of carbonyl (C=O) groups is 2. The molecule has 2 aromatic rings. The number of pyridine rings is 2. The van der Waals surface area contributed by atoms with Crippen molar-refractivity contribution in [1.29, 1.82) is 0 Å². The van der Waals surface area contributed by atoms with E-state index in [4.69, 9.17) is 9.47 Å². The maximum atomic E-state index is 14.0. The number of hydrogen-bond donors (Lipinski definition) is 1. The smallest absolute Gasteiger partial charge is 0.347 e. The third-order valence-corrected chi connectivity index (χ3v) is 3.15. The highest BCUT2D eigenvalue weighted by atomic mass is 19.1. The summed E-state index contributed by atoms with van der Waals surface area (Å²) in [4.78, 5) is 31.8. The molecule has 1 N–H and O–H groups in total. The van der Waals surface area contributed by atoms with E-state index in [0.29, 0.717) is 5.56 Å². The molecule has 0 spiro atoms. The molecule has 2 rings (SSSR count). The summed E-state index contributed by atoms with van der Waals surface area (Å²) in [7, 11) is 0. The number of rotatable bonds is 7. The molecule has 0 aromatic carbocycles. The van der Waals surface area contributed by atoms with E-state index in [9.17, 15) is 14.0 Å². The zero-order valence-electron chi connectivity index (χ0n) is 14.4. The van der Waals surface area contributed by atoms with Crippen molar-refractivity contribution in [3.8, 4) is 11.3 Å². The Morgan fingerprint density at radius 1 is 1.08 bits per heavy atom. The van der Waals surface area contributed by atoms with E-state index in [0.717, 1.165) is 6.20 Å². The van der Waals surface area contributed by atoms with Gasteiger partial charge < -0.3 is 14.8 Å². The summed E-state index contributed by atoms with van der Waals surface area (Å²) in [6.07, 6.45) is 4.18. The number of nitrogens with one attached hydrogen (secondary N) is 1. The van der Waals surface area contributed by atoms with E-state index in [1.807, 2.05) is 0 Å². The van der Waals surface area contributed by atoms with Gasteiger partial charge in [0.05, 0.1) is 13.2 Å². The molecule has 0 unspecified atom stereocenters. The minimum Gasteiger partial charge on any atom is -0.462 e. The lowest BCUT2D eigenvalue weighted by molar-refractivity contribution is -0.146. The van der Waals surface area contributed by atoms with Gasteiger partial charge >= 0.3 is 11.9 Å². The highest BCUT2D eigenvalue weighted by Gasteiger charge is 2.21. The Kier molecular flexibility index (Phi) is 6.78. The van der Waals surface area contributed by atoms with E-state index in [-0.39, 0.29) is 30.3 Å². The first-order valence-corrected chi connectivity index (χ1v) is 7.94. The number of aromatic nitrogens is 2. The van der Waals surface area contributed by atoms with Gasteiger partial charge in [0, 0.05) is 24.2 Å². The van der Waals surface area contributed by atoms with Crippen LogP contribution in [-0.4, -0.2) is 35.1 Å². The molecule has 7 nitrogen and oxygen atoms in total. The molecule has 0 bridgehead atoms. The Hall–Kier alpha value is -3.29. The third kappa shape index (κ3) is 4.85. The van der Waals surface area contributed by atoms with Crippen LogP contribution in [-0.2, 0) is 19.1 Å². The maximum Gasteiger partial charge on any atom is 0.347 e. The first kappa shape index (κ1) is 19.0. The van der Waals surface area contributed by atoms with Gasteiger partial charge in [-0.1, -0.05) is 0 Å². The fourth-order valence-electron chi connectivity index (χ4n) is 2.00. The number of nitrogens with zero attached hydrogens (tertiary/aromatic N) is 2. The third-order valence-electron chi connectivity index (χ3n) is 3.15. The van der Waals surface area contributed by atoms with E-state index in [1.54, 1.807) is 26.0 Å². The van der Waals surface area contributed by atoms with Crippen molar-refractivity contribution >= 4 is 17.8 Å². The molecule has 0 aliphatic rings. The Morgan fingerprint density at radius 3 is 2.27 bits per heavy atom. The fraction of sp³-hybridized carbons (Fsp3) is 0.222. The summed E-state index contributed by atoms with van der Waals surface area (Å²) in [6.45, 7) is 3.46. The predicted molar refractivity (Wildman–Crippen MR) is 92.4 cm³/mol. The van der Waals surface area contributed by atoms with Gasteiger partial charge in [-0.3, -0.25) is 4.98 Å². The highest BCUT2D eigenvalue weighted by Crippen LogP contribution is 2.21. The summed E-state index contributed by atoms with van der Waals surface area (Å²) in [6, 6.07) is 5.85. The van der Waals surface area contributed by atoms with E-state index in [1.165, 1.54) is 24.5 Å². The van der Waals surface area contributed by atoms with Crippen LogP contribution in [0.2, 0.25) is 0 Å². The molecule has 0 aliphatic heterocycles. The molecule has 2 heterocycles. The maximum absolute atomic E-state index is 14.0.